The zero-order valence-electron chi connectivity index (χ0n) is 20.0. The molecule has 188 valence electrons. The molecular formula is C30H23F3IrN3. The normalized spacial score (nSPS) is 15.5. The van der Waals surface area contributed by atoms with Crippen molar-refractivity contribution in [2.24, 2.45) is 0 Å². The Balaban J connectivity index is 0.000000193. The van der Waals surface area contributed by atoms with E-state index >= 15 is 0 Å². The van der Waals surface area contributed by atoms with Crippen LogP contribution in [0, 0.1) is 19.1 Å². The van der Waals surface area contributed by atoms with Crippen LogP contribution in [0.3, 0.4) is 0 Å². The van der Waals surface area contributed by atoms with Crippen LogP contribution in [0.2, 0.25) is 0 Å². The zero-order valence-corrected chi connectivity index (χ0v) is 22.4. The van der Waals surface area contributed by atoms with Crippen LogP contribution >= 0.6 is 0 Å². The first kappa shape index (κ1) is 26.6. The molecule has 0 saturated heterocycles. The number of alkyl halides is 3. The molecule has 0 radical (unpaired) electrons. The molecule has 1 aromatic heterocycles. The van der Waals surface area contributed by atoms with Gasteiger partial charge in [0.1, 0.15) is 0 Å². The molecule has 3 aromatic carbocycles. The first-order valence-electron chi connectivity index (χ1n) is 11.6. The minimum atomic E-state index is -4.41. The molecule has 0 fully saturated rings. The molecule has 2 aliphatic heterocycles. The summed E-state index contributed by atoms with van der Waals surface area (Å²) < 4.78 is 38.4. The van der Waals surface area contributed by atoms with Crippen molar-refractivity contribution in [3.05, 3.63) is 131 Å². The van der Waals surface area contributed by atoms with Crippen LogP contribution < -0.4 is 0 Å². The summed E-state index contributed by atoms with van der Waals surface area (Å²) in [5, 5.41) is 4.41. The van der Waals surface area contributed by atoms with Gasteiger partial charge in [0.25, 0.3) is 0 Å². The molecule has 1 atom stereocenters. The fourth-order valence-electron chi connectivity index (χ4n) is 4.41. The van der Waals surface area contributed by atoms with Crippen LogP contribution in [0.4, 0.5) is 13.2 Å². The number of fused-ring (bicyclic) bond motifs is 3. The Morgan fingerprint density at radius 3 is 2.59 bits per heavy atom. The maximum absolute atomic E-state index is 12.8. The Labute approximate surface area is 228 Å². The molecule has 3 nitrogen and oxygen atoms in total. The summed E-state index contributed by atoms with van der Waals surface area (Å²) >= 11 is 0. The van der Waals surface area contributed by atoms with Crippen molar-refractivity contribution >= 4 is 0 Å². The van der Waals surface area contributed by atoms with E-state index in [0.717, 1.165) is 35.7 Å². The summed E-state index contributed by atoms with van der Waals surface area (Å²) in [5.74, 6) is 0. The van der Waals surface area contributed by atoms with Gasteiger partial charge in [0.2, 0.25) is 0 Å². The summed E-state index contributed by atoms with van der Waals surface area (Å²) in [6.07, 6.45) is 2.56. The van der Waals surface area contributed by atoms with Crippen molar-refractivity contribution in [2.45, 2.75) is 25.7 Å². The Kier molecular flexibility index (Phi) is 8.16. The largest absolute Gasteiger partial charge is 3.00 e. The van der Waals surface area contributed by atoms with Gasteiger partial charge in [-0.1, -0.05) is 42.8 Å². The van der Waals surface area contributed by atoms with Gasteiger partial charge in [0.05, 0.1) is 0 Å². The van der Waals surface area contributed by atoms with E-state index in [1.807, 2.05) is 49.5 Å². The third-order valence-electron chi connectivity index (χ3n) is 6.25. The number of aryl methyl sites for hydroxylation is 1. The fourth-order valence-corrected chi connectivity index (χ4v) is 4.41. The van der Waals surface area contributed by atoms with Gasteiger partial charge in [-0.2, -0.15) is 54.8 Å². The molecule has 0 amide bonds. The predicted molar refractivity (Wildman–Crippen MR) is 135 cm³/mol. The second kappa shape index (κ2) is 11.3. The summed E-state index contributed by atoms with van der Waals surface area (Å²) in [6, 6.07) is 27.4. The van der Waals surface area contributed by atoms with Crippen LogP contribution in [0.25, 0.3) is 27.7 Å². The Morgan fingerprint density at radius 2 is 1.84 bits per heavy atom. The van der Waals surface area contributed by atoms with Crippen molar-refractivity contribution in [3.63, 3.8) is 0 Å². The molecule has 1 unspecified atom stereocenters. The van der Waals surface area contributed by atoms with E-state index in [9.17, 15) is 13.2 Å². The molecule has 7 heteroatoms. The SMILES string of the molecule is Cc1cc(-c2[c-]c(C(F)(F)F)ccc2)ncc1-c1ccccc1.[Ir+3].[c-]1cccc2c1C1[N-]C=CN1CC2. The van der Waals surface area contributed by atoms with Crippen molar-refractivity contribution < 1.29 is 33.3 Å². The minimum Gasteiger partial charge on any atom is -0.668 e. The van der Waals surface area contributed by atoms with Gasteiger partial charge < -0.3 is 15.2 Å². The third-order valence-corrected chi connectivity index (χ3v) is 6.25. The maximum Gasteiger partial charge on any atom is 3.00 e. The summed E-state index contributed by atoms with van der Waals surface area (Å²) in [5.41, 5.74) is 5.61. The minimum absolute atomic E-state index is 0. The number of benzene rings is 3. The van der Waals surface area contributed by atoms with Gasteiger partial charge in [0.15, 0.2) is 0 Å². The molecule has 0 N–H and O–H groups in total. The molecule has 3 heterocycles. The summed E-state index contributed by atoms with van der Waals surface area (Å²) in [7, 11) is 0. The second-order valence-electron chi connectivity index (χ2n) is 8.64. The van der Waals surface area contributed by atoms with E-state index in [1.54, 1.807) is 18.3 Å². The molecule has 2 aliphatic rings. The maximum atomic E-state index is 12.8. The second-order valence-corrected chi connectivity index (χ2v) is 8.64. The number of nitrogens with zero attached hydrogens (tertiary/aromatic N) is 3. The van der Waals surface area contributed by atoms with E-state index in [4.69, 9.17) is 0 Å². The van der Waals surface area contributed by atoms with Gasteiger partial charge in [-0.3, -0.25) is 0 Å². The van der Waals surface area contributed by atoms with E-state index in [2.05, 4.69) is 45.7 Å². The first-order chi connectivity index (χ1) is 17.4. The number of aromatic nitrogens is 1. The van der Waals surface area contributed by atoms with Gasteiger partial charge >= 0.3 is 26.3 Å². The number of hydrogen-bond donors (Lipinski definition) is 0. The molecular weight excluding hydrogens is 652 g/mol. The quantitative estimate of drug-likeness (QED) is 0.204. The molecule has 0 aliphatic carbocycles. The number of halogens is 3. The average molecular weight is 675 g/mol. The number of hydrogen-bond acceptors (Lipinski definition) is 2. The van der Waals surface area contributed by atoms with Crippen molar-refractivity contribution in [3.8, 4) is 22.4 Å². The topological polar surface area (TPSA) is 30.2 Å². The monoisotopic (exact) mass is 675 g/mol. The standard InChI is InChI=1S/C19H13F3N.C11H10N2.Ir/c1-13-10-18(15-8-5-9-16(11-15)19(20,21)22)23-12-17(13)14-6-3-2-4-7-14;1-2-4-10-9(3-1)5-7-13-8-6-12-11(10)13;/h2-10,12H,1H3;1-3,6,8,11H,5,7H2;/q-1;-2;+3. The van der Waals surface area contributed by atoms with Gasteiger partial charge in [0, 0.05) is 18.3 Å². The van der Waals surface area contributed by atoms with Crippen molar-refractivity contribution in [2.75, 3.05) is 6.54 Å². The van der Waals surface area contributed by atoms with Crippen LogP contribution in [-0.4, -0.2) is 16.4 Å². The Bertz CT molecular complexity index is 1390. The van der Waals surface area contributed by atoms with Crippen molar-refractivity contribution in [1.29, 1.82) is 0 Å². The Morgan fingerprint density at radius 1 is 1.03 bits per heavy atom. The molecule has 0 saturated carbocycles. The van der Waals surface area contributed by atoms with Crippen LogP contribution in [0.5, 0.6) is 0 Å². The van der Waals surface area contributed by atoms with E-state index in [1.165, 1.54) is 17.2 Å². The van der Waals surface area contributed by atoms with E-state index in [-0.39, 0.29) is 26.3 Å². The van der Waals surface area contributed by atoms with Crippen LogP contribution in [0.15, 0.2) is 91.4 Å². The Hall–Kier alpha value is -3.41. The molecule has 4 aromatic rings. The predicted octanol–water partition coefficient (Wildman–Crippen LogP) is 7.74. The zero-order chi connectivity index (χ0) is 25.1. The summed E-state index contributed by atoms with van der Waals surface area (Å²) in [4.78, 5) is 6.57. The van der Waals surface area contributed by atoms with Gasteiger partial charge in [-0.05, 0) is 41.7 Å². The number of pyridine rings is 1. The number of rotatable bonds is 2. The van der Waals surface area contributed by atoms with Gasteiger partial charge in [-0.25, -0.2) is 0 Å². The molecule has 37 heavy (non-hydrogen) atoms. The molecule has 0 bridgehead atoms. The fraction of sp³-hybridized carbons (Fsp3) is 0.167. The molecule has 0 spiro atoms. The van der Waals surface area contributed by atoms with E-state index < -0.39 is 11.7 Å². The third kappa shape index (κ3) is 5.95. The van der Waals surface area contributed by atoms with Crippen LogP contribution in [0.1, 0.15) is 28.4 Å². The first-order valence-corrected chi connectivity index (χ1v) is 11.6. The smallest absolute Gasteiger partial charge is 0.668 e. The van der Waals surface area contributed by atoms with Crippen molar-refractivity contribution in [1.82, 2.24) is 9.88 Å². The van der Waals surface area contributed by atoms with Gasteiger partial charge in [-0.15, -0.1) is 29.8 Å². The molecule has 6 rings (SSSR count). The summed E-state index contributed by atoms with van der Waals surface area (Å²) in [6.45, 7) is 3.00. The van der Waals surface area contributed by atoms with Crippen LogP contribution in [-0.2, 0) is 32.7 Å². The van der Waals surface area contributed by atoms with E-state index in [0.29, 0.717) is 11.3 Å². The average Bonchev–Trinajstić information content (AvgIpc) is 3.39.